The van der Waals surface area contributed by atoms with Crippen LogP contribution in [0.1, 0.15) is 17.0 Å². The molecule has 92 valence electrons. The summed E-state index contributed by atoms with van der Waals surface area (Å²) in [6.45, 7) is 0.745. The molecule has 0 saturated carbocycles. The van der Waals surface area contributed by atoms with Gasteiger partial charge in [-0.05, 0) is 24.8 Å². The Kier molecular flexibility index (Phi) is 3.42. The van der Waals surface area contributed by atoms with Crippen LogP contribution in [0.5, 0.6) is 0 Å². The minimum absolute atomic E-state index is 0.228. The summed E-state index contributed by atoms with van der Waals surface area (Å²) >= 11 is 1.42. The number of carboxylic acids is 1. The third-order valence-corrected chi connectivity index (χ3v) is 3.44. The summed E-state index contributed by atoms with van der Waals surface area (Å²) in [5.41, 5.74) is 0. The maximum Gasteiger partial charge on any atom is 0.308 e. The summed E-state index contributed by atoms with van der Waals surface area (Å²) in [5, 5.41) is 9.54. The van der Waals surface area contributed by atoms with Gasteiger partial charge in [0.1, 0.15) is 0 Å². The lowest BCUT2D eigenvalue weighted by atomic mass is 10.1. The molecule has 1 aliphatic heterocycles. The van der Waals surface area contributed by atoms with Crippen LogP contribution in [0.3, 0.4) is 0 Å². The number of aliphatic carboxylic acids is 1. The normalized spacial score (nSPS) is 19.6. The topological polar surface area (TPSA) is 70.8 Å². The second-order valence-electron chi connectivity index (χ2n) is 3.90. The van der Waals surface area contributed by atoms with Crippen molar-refractivity contribution in [1.29, 1.82) is 0 Å². The zero-order chi connectivity index (χ0) is 12.4. The molecule has 1 aromatic heterocycles. The zero-order valence-corrected chi connectivity index (χ0v) is 10.2. The average molecular weight is 255 g/mol. The monoisotopic (exact) mass is 255 g/mol. The molecule has 1 amide bonds. The van der Waals surface area contributed by atoms with Crippen molar-refractivity contribution in [2.75, 3.05) is 19.3 Å². The van der Waals surface area contributed by atoms with Crippen LogP contribution in [0.25, 0.3) is 0 Å². The molecule has 0 radical (unpaired) electrons. The van der Waals surface area contributed by atoms with Crippen LogP contribution < -0.4 is 0 Å². The first-order valence-corrected chi connectivity index (χ1v) is 6.50. The maximum atomic E-state index is 12.0. The molecule has 1 N–H and O–H groups in total. The van der Waals surface area contributed by atoms with Crippen LogP contribution in [0.2, 0.25) is 0 Å². The number of furan rings is 1. The molecule has 1 fully saturated rings. The minimum atomic E-state index is -0.843. The number of carbonyl (C=O) groups excluding carboxylic acids is 1. The van der Waals surface area contributed by atoms with Crippen molar-refractivity contribution in [3.8, 4) is 0 Å². The largest absolute Gasteiger partial charge is 0.481 e. The SMILES string of the molecule is CSc1ccc(C(=O)N2CCC(C(=O)O)C2)o1. The summed E-state index contributed by atoms with van der Waals surface area (Å²) in [4.78, 5) is 24.3. The van der Waals surface area contributed by atoms with Crippen molar-refractivity contribution in [2.45, 2.75) is 11.5 Å². The molecular weight excluding hydrogens is 242 g/mol. The lowest BCUT2D eigenvalue weighted by molar-refractivity contribution is -0.141. The molecule has 0 aromatic carbocycles. The molecule has 1 aliphatic rings. The van der Waals surface area contributed by atoms with Gasteiger partial charge < -0.3 is 14.4 Å². The van der Waals surface area contributed by atoms with Crippen LogP contribution in [-0.2, 0) is 4.79 Å². The number of hydrogen-bond acceptors (Lipinski definition) is 4. The van der Waals surface area contributed by atoms with Crippen LogP contribution in [-0.4, -0.2) is 41.2 Å². The average Bonchev–Trinajstić information content (AvgIpc) is 2.97. The van der Waals surface area contributed by atoms with Crippen molar-refractivity contribution >= 4 is 23.6 Å². The van der Waals surface area contributed by atoms with Gasteiger partial charge >= 0.3 is 5.97 Å². The Morgan fingerprint density at radius 1 is 1.53 bits per heavy atom. The van der Waals surface area contributed by atoms with Gasteiger partial charge in [0.2, 0.25) is 0 Å². The van der Waals surface area contributed by atoms with Gasteiger partial charge in [0.25, 0.3) is 5.91 Å². The molecule has 0 spiro atoms. The van der Waals surface area contributed by atoms with E-state index >= 15 is 0 Å². The van der Waals surface area contributed by atoms with E-state index in [1.54, 1.807) is 12.1 Å². The molecule has 5 nitrogen and oxygen atoms in total. The molecular formula is C11H13NO4S. The summed E-state index contributed by atoms with van der Waals surface area (Å²) in [6.07, 6.45) is 2.38. The molecule has 2 rings (SSSR count). The minimum Gasteiger partial charge on any atom is -0.481 e. The second-order valence-corrected chi connectivity index (χ2v) is 4.71. The Hall–Kier alpha value is -1.43. The lowest BCUT2D eigenvalue weighted by Crippen LogP contribution is -2.29. The van der Waals surface area contributed by atoms with E-state index < -0.39 is 11.9 Å². The molecule has 2 heterocycles. The number of carbonyl (C=O) groups is 2. The van der Waals surface area contributed by atoms with Crippen molar-refractivity contribution in [3.63, 3.8) is 0 Å². The number of likely N-dealkylation sites (tertiary alicyclic amines) is 1. The summed E-state index contributed by atoms with van der Waals surface area (Å²) < 4.78 is 5.33. The molecule has 1 unspecified atom stereocenters. The predicted octanol–water partition coefficient (Wildman–Crippen LogP) is 1.55. The van der Waals surface area contributed by atoms with Gasteiger partial charge in [-0.3, -0.25) is 9.59 Å². The molecule has 1 aromatic rings. The Morgan fingerprint density at radius 2 is 2.29 bits per heavy atom. The Morgan fingerprint density at radius 3 is 2.82 bits per heavy atom. The van der Waals surface area contributed by atoms with Gasteiger partial charge in [-0.2, -0.15) is 0 Å². The van der Waals surface area contributed by atoms with Gasteiger partial charge in [0.15, 0.2) is 10.9 Å². The first-order chi connectivity index (χ1) is 8.11. The summed E-state index contributed by atoms with van der Waals surface area (Å²) in [6, 6.07) is 3.37. The van der Waals surface area contributed by atoms with Crippen molar-refractivity contribution in [1.82, 2.24) is 4.90 Å². The lowest BCUT2D eigenvalue weighted by Gasteiger charge is -2.13. The number of hydrogen-bond donors (Lipinski definition) is 1. The van der Waals surface area contributed by atoms with Crippen LogP contribution in [0.4, 0.5) is 0 Å². The number of nitrogens with zero attached hydrogens (tertiary/aromatic N) is 1. The predicted molar refractivity (Wildman–Crippen MR) is 62.1 cm³/mol. The van der Waals surface area contributed by atoms with E-state index in [4.69, 9.17) is 9.52 Å². The quantitative estimate of drug-likeness (QED) is 0.830. The van der Waals surface area contributed by atoms with E-state index in [9.17, 15) is 9.59 Å². The molecule has 6 heteroatoms. The number of rotatable bonds is 3. The standard InChI is InChI=1S/C11H13NO4S/c1-17-9-3-2-8(16-9)10(13)12-5-4-7(6-12)11(14)15/h2-3,7H,4-6H2,1H3,(H,14,15). The van der Waals surface area contributed by atoms with E-state index in [0.29, 0.717) is 18.1 Å². The van der Waals surface area contributed by atoms with E-state index in [1.165, 1.54) is 16.7 Å². The molecule has 17 heavy (non-hydrogen) atoms. The van der Waals surface area contributed by atoms with E-state index in [2.05, 4.69) is 0 Å². The third-order valence-electron chi connectivity index (χ3n) is 2.82. The fourth-order valence-electron chi connectivity index (χ4n) is 1.85. The fraction of sp³-hybridized carbons (Fsp3) is 0.455. The number of carboxylic acid groups (broad SMARTS) is 1. The van der Waals surface area contributed by atoms with E-state index in [-0.39, 0.29) is 18.2 Å². The van der Waals surface area contributed by atoms with Crippen molar-refractivity contribution < 1.29 is 19.1 Å². The van der Waals surface area contributed by atoms with Crippen LogP contribution in [0, 0.1) is 5.92 Å². The fourth-order valence-corrected chi connectivity index (χ4v) is 2.22. The van der Waals surface area contributed by atoms with Gasteiger partial charge in [-0.1, -0.05) is 11.8 Å². The Labute approximate surface area is 103 Å². The highest BCUT2D eigenvalue weighted by Gasteiger charge is 2.32. The smallest absolute Gasteiger partial charge is 0.308 e. The van der Waals surface area contributed by atoms with E-state index in [1.807, 2.05) is 6.26 Å². The van der Waals surface area contributed by atoms with Gasteiger partial charge in [-0.15, -0.1) is 0 Å². The molecule has 1 saturated heterocycles. The molecule has 1 atom stereocenters. The zero-order valence-electron chi connectivity index (χ0n) is 9.38. The molecule has 0 aliphatic carbocycles. The number of thioether (sulfide) groups is 1. The Bertz CT molecular complexity index is 442. The highest BCUT2D eigenvalue weighted by atomic mass is 32.2. The first kappa shape index (κ1) is 12.0. The van der Waals surface area contributed by atoms with E-state index in [0.717, 1.165) is 0 Å². The highest BCUT2D eigenvalue weighted by molar-refractivity contribution is 7.98. The Balaban J connectivity index is 2.04. The van der Waals surface area contributed by atoms with Crippen LogP contribution >= 0.6 is 11.8 Å². The van der Waals surface area contributed by atoms with Gasteiger partial charge in [0, 0.05) is 13.1 Å². The maximum absolute atomic E-state index is 12.0. The van der Waals surface area contributed by atoms with Gasteiger partial charge in [-0.25, -0.2) is 0 Å². The second kappa shape index (κ2) is 4.83. The third kappa shape index (κ3) is 2.46. The van der Waals surface area contributed by atoms with Crippen molar-refractivity contribution in [2.24, 2.45) is 5.92 Å². The first-order valence-electron chi connectivity index (χ1n) is 5.27. The number of amides is 1. The summed E-state index contributed by atoms with van der Waals surface area (Å²) in [5.74, 6) is -1.24. The van der Waals surface area contributed by atoms with Gasteiger partial charge in [0.05, 0.1) is 5.92 Å². The molecule has 0 bridgehead atoms. The highest BCUT2D eigenvalue weighted by Crippen LogP contribution is 2.22. The van der Waals surface area contributed by atoms with Crippen molar-refractivity contribution in [3.05, 3.63) is 17.9 Å². The summed E-state index contributed by atoms with van der Waals surface area (Å²) in [7, 11) is 0. The van der Waals surface area contributed by atoms with Crippen LogP contribution in [0.15, 0.2) is 21.6 Å².